The zero-order chi connectivity index (χ0) is 21.6. The largest absolute Gasteiger partial charge is 0.467 e. The van der Waals surface area contributed by atoms with Gasteiger partial charge in [0.05, 0.1) is 4.55 Å². The smallest absolute Gasteiger partial charge is 0.304 e. The van der Waals surface area contributed by atoms with Crippen molar-refractivity contribution in [3.05, 3.63) is 82.9 Å². The van der Waals surface area contributed by atoms with Gasteiger partial charge in [-0.2, -0.15) is 8.42 Å². The van der Waals surface area contributed by atoms with E-state index >= 15 is 0 Å². The fourth-order valence-corrected chi connectivity index (χ4v) is 3.98. The first-order valence-electron chi connectivity index (χ1n) is 8.59. The second kappa shape index (κ2) is 6.94. The molecule has 1 heterocycles. The van der Waals surface area contributed by atoms with Crippen LogP contribution in [0.2, 0.25) is 0 Å². The molecule has 0 bridgehead atoms. The number of nitrogens with two attached hydrogens (primary N) is 1. The summed E-state index contributed by atoms with van der Waals surface area (Å²) in [4.78, 5) is 12.9. The van der Waals surface area contributed by atoms with E-state index in [9.17, 15) is 22.0 Å². The topological polar surface area (TPSA) is 95.7 Å². The fourth-order valence-electron chi connectivity index (χ4n) is 2.97. The van der Waals surface area contributed by atoms with Gasteiger partial charge >= 0.3 is 10.1 Å². The van der Waals surface area contributed by atoms with Crippen molar-refractivity contribution < 1.29 is 30.9 Å². The minimum atomic E-state index is -4.42. The van der Waals surface area contributed by atoms with Gasteiger partial charge in [-0.3, -0.25) is 4.79 Å². The lowest BCUT2D eigenvalue weighted by Gasteiger charge is -2.26. The highest BCUT2D eigenvalue weighted by molar-refractivity contribution is 7.90. The molecule has 2 aromatic carbocycles. The highest BCUT2D eigenvalue weighted by atomic mass is 32.2. The minimum absolute atomic E-state index is 0.421. The van der Waals surface area contributed by atoms with E-state index in [2.05, 4.69) is 0 Å². The summed E-state index contributed by atoms with van der Waals surface area (Å²) >= 11 is 0. The second-order valence-corrected chi connectivity index (χ2v) is 9.27. The molecular weight excluding hydrogens is 401 g/mol. The Morgan fingerprint density at radius 3 is 2.31 bits per heavy atom. The SMILES string of the molecule is BC(B)(c1ccccc1)S(=O)(=O)OC1=C(N)O[C@](B)(c2cccc(F)c2F)C1=O. The molecule has 1 atom stereocenters. The Morgan fingerprint density at radius 1 is 1.07 bits per heavy atom. The van der Waals surface area contributed by atoms with Crippen molar-refractivity contribution in [3.8, 4) is 0 Å². The molecule has 0 saturated heterocycles. The van der Waals surface area contributed by atoms with Crippen molar-refractivity contribution in [2.45, 2.75) is 10.0 Å². The maximum atomic E-state index is 14.2. The molecule has 2 aromatic rings. The molecule has 1 aliphatic rings. The highest BCUT2D eigenvalue weighted by Gasteiger charge is 2.52. The third-order valence-electron chi connectivity index (χ3n) is 4.93. The third-order valence-corrected chi connectivity index (χ3v) is 6.80. The van der Waals surface area contributed by atoms with Crippen LogP contribution < -0.4 is 5.73 Å². The van der Waals surface area contributed by atoms with Gasteiger partial charge < -0.3 is 14.7 Å². The molecule has 148 valence electrons. The Bertz CT molecular complexity index is 1130. The van der Waals surface area contributed by atoms with Gasteiger partial charge in [-0.1, -0.05) is 42.5 Å². The van der Waals surface area contributed by atoms with Crippen molar-refractivity contribution >= 4 is 39.4 Å². The average Bonchev–Trinajstić information content (AvgIpc) is 2.88. The van der Waals surface area contributed by atoms with Crippen molar-refractivity contribution in [1.82, 2.24) is 0 Å². The van der Waals surface area contributed by atoms with Crippen LogP contribution in [0.15, 0.2) is 60.2 Å². The molecule has 3 rings (SSSR count). The summed E-state index contributed by atoms with van der Waals surface area (Å²) in [5.74, 6) is -4.93. The van der Waals surface area contributed by atoms with E-state index < -0.39 is 54.8 Å². The van der Waals surface area contributed by atoms with Crippen LogP contribution in [-0.4, -0.2) is 37.7 Å². The molecule has 0 amide bonds. The van der Waals surface area contributed by atoms with E-state index in [1.54, 1.807) is 30.3 Å². The minimum Gasteiger partial charge on any atom is -0.467 e. The lowest BCUT2D eigenvalue weighted by atomic mass is 9.65. The number of benzene rings is 2. The molecule has 0 unspecified atom stereocenters. The lowest BCUT2D eigenvalue weighted by Crippen LogP contribution is -2.40. The van der Waals surface area contributed by atoms with Gasteiger partial charge in [0.15, 0.2) is 25.0 Å². The summed E-state index contributed by atoms with van der Waals surface area (Å²) in [6.07, 6.45) is 0. The Balaban J connectivity index is 1.97. The summed E-state index contributed by atoms with van der Waals surface area (Å²) in [5, 5.41) is 0. The van der Waals surface area contributed by atoms with Crippen LogP contribution in [0.1, 0.15) is 11.1 Å². The molecule has 2 N–H and O–H groups in total. The summed E-state index contributed by atoms with van der Waals surface area (Å²) < 4.78 is 62.5. The number of rotatable bonds is 5. The second-order valence-electron chi connectivity index (χ2n) is 7.17. The van der Waals surface area contributed by atoms with Crippen LogP contribution in [0.5, 0.6) is 0 Å². The maximum Gasteiger partial charge on any atom is 0.304 e. The number of ether oxygens (including phenoxy) is 1. The van der Waals surface area contributed by atoms with E-state index in [-0.39, 0.29) is 0 Å². The first-order chi connectivity index (χ1) is 13.4. The van der Waals surface area contributed by atoms with Crippen LogP contribution in [0, 0.1) is 11.6 Å². The van der Waals surface area contributed by atoms with Crippen molar-refractivity contribution in [3.63, 3.8) is 0 Å². The Hall–Kier alpha value is -2.75. The van der Waals surface area contributed by atoms with Gasteiger partial charge in [0.25, 0.3) is 0 Å². The van der Waals surface area contributed by atoms with Crippen molar-refractivity contribution in [2.75, 3.05) is 0 Å². The van der Waals surface area contributed by atoms with E-state index in [0.717, 1.165) is 20.0 Å². The van der Waals surface area contributed by atoms with Gasteiger partial charge in [-0.15, -0.1) is 0 Å². The van der Waals surface area contributed by atoms with Crippen LogP contribution >= 0.6 is 0 Å². The summed E-state index contributed by atoms with van der Waals surface area (Å²) in [5.41, 5.74) is 3.61. The maximum absolute atomic E-state index is 14.2. The van der Waals surface area contributed by atoms with E-state index in [1.165, 1.54) is 21.8 Å². The first kappa shape index (κ1) is 21.0. The molecule has 12 heteroatoms. The summed E-state index contributed by atoms with van der Waals surface area (Å²) in [6.45, 7) is 0. The van der Waals surface area contributed by atoms with Crippen LogP contribution in [0.25, 0.3) is 0 Å². The molecule has 0 aromatic heterocycles. The predicted molar refractivity (Wildman–Crippen MR) is 109 cm³/mol. The number of carbonyl (C=O) groups excluding carboxylic acids is 1. The molecule has 29 heavy (non-hydrogen) atoms. The van der Waals surface area contributed by atoms with E-state index in [0.29, 0.717) is 5.56 Å². The molecule has 0 saturated carbocycles. The van der Waals surface area contributed by atoms with Crippen LogP contribution in [0.3, 0.4) is 0 Å². The van der Waals surface area contributed by atoms with Crippen molar-refractivity contribution in [1.29, 1.82) is 0 Å². The third kappa shape index (κ3) is 3.31. The average molecular weight is 417 g/mol. The normalized spacial score (nSPS) is 19.9. The van der Waals surface area contributed by atoms with Crippen LogP contribution in [-0.2, 0) is 33.9 Å². The predicted octanol–water partition coefficient (Wildman–Crippen LogP) is -1.10. The highest BCUT2D eigenvalue weighted by Crippen LogP contribution is 2.39. The van der Waals surface area contributed by atoms with Gasteiger partial charge in [-0.05, 0) is 11.6 Å². The number of ketones is 1. The molecule has 6 nitrogen and oxygen atoms in total. The Morgan fingerprint density at radius 2 is 1.69 bits per heavy atom. The molecular formula is C17H16B3F2NO5S. The number of halogens is 2. The van der Waals surface area contributed by atoms with Crippen molar-refractivity contribution in [2.24, 2.45) is 5.73 Å². The zero-order valence-corrected chi connectivity index (χ0v) is 16.7. The van der Waals surface area contributed by atoms with Gasteiger partial charge in [-0.25, -0.2) is 8.78 Å². The zero-order valence-electron chi connectivity index (χ0n) is 15.9. The monoisotopic (exact) mass is 417 g/mol. The Kier molecular flexibility index (Phi) is 5.02. The molecule has 0 radical (unpaired) electrons. The standard InChI is InChI=1S/C17H16B3F2NO5S/c18-16(10-7-4-8-11(21)12(10)22)14(24)13(15(23)27-16)28-29(25,26)17(19,20)9-5-2-1-3-6-9/h1-8H,18-20,23H2/t16-/m1/s1. The van der Waals surface area contributed by atoms with Gasteiger partial charge in [0.2, 0.25) is 17.4 Å². The number of hydrogen-bond donors (Lipinski definition) is 1. The van der Waals surface area contributed by atoms with Crippen LogP contribution in [0.4, 0.5) is 8.78 Å². The summed E-state index contributed by atoms with van der Waals surface area (Å²) in [7, 11) is -0.455. The lowest BCUT2D eigenvalue weighted by molar-refractivity contribution is -0.126. The van der Waals surface area contributed by atoms with Gasteiger partial charge in [0.1, 0.15) is 15.7 Å². The Labute approximate surface area is 169 Å². The number of Topliss-reactive ketones (excluding diaryl/α,β-unsaturated/α-hetero) is 1. The fraction of sp³-hybridized carbons (Fsp3) is 0.118. The quantitative estimate of drug-likeness (QED) is 0.491. The van der Waals surface area contributed by atoms with Gasteiger partial charge in [0, 0.05) is 5.56 Å². The van der Waals surface area contributed by atoms with E-state index in [4.69, 9.17) is 14.7 Å². The molecule has 0 fully saturated rings. The number of hydrogen-bond acceptors (Lipinski definition) is 6. The molecule has 1 aliphatic heterocycles. The molecule has 0 aliphatic carbocycles. The molecule has 0 spiro atoms. The number of carbonyl (C=O) groups is 1. The summed E-state index contributed by atoms with van der Waals surface area (Å²) in [6, 6.07) is 11.5. The van der Waals surface area contributed by atoms with E-state index in [1.807, 2.05) is 0 Å². The first-order valence-corrected chi connectivity index (χ1v) is 10.0.